The molecular formula is C20H28N2O5S. The van der Waals surface area contributed by atoms with Gasteiger partial charge in [-0.15, -0.1) is 0 Å². The van der Waals surface area contributed by atoms with Crippen LogP contribution in [-0.2, 0) is 19.6 Å². The number of nitrogens with zero attached hydrogens (tertiary/aromatic N) is 1. The summed E-state index contributed by atoms with van der Waals surface area (Å²) in [4.78, 5) is 23.4. The van der Waals surface area contributed by atoms with E-state index in [2.05, 4.69) is 20.8 Å². The van der Waals surface area contributed by atoms with Crippen LogP contribution in [0.3, 0.4) is 0 Å². The van der Waals surface area contributed by atoms with E-state index in [0.29, 0.717) is 6.54 Å². The van der Waals surface area contributed by atoms with Crippen molar-refractivity contribution in [2.75, 3.05) is 6.54 Å². The van der Waals surface area contributed by atoms with E-state index in [1.807, 2.05) is 0 Å². The Morgan fingerprint density at radius 1 is 1.25 bits per heavy atom. The predicted molar refractivity (Wildman–Crippen MR) is 104 cm³/mol. The molecule has 1 aromatic rings. The van der Waals surface area contributed by atoms with Gasteiger partial charge in [0.05, 0.1) is 10.5 Å². The molecule has 3 atom stereocenters. The van der Waals surface area contributed by atoms with Gasteiger partial charge in [0.15, 0.2) is 6.10 Å². The first-order chi connectivity index (χ1) is 12.8. The fourth-order valence-electron chi connectivity index (χ4n) is 4.89. The molecule has 1 heterocycles. The van der Waals surface area contributed by atoms with E-state index in [9.17, 15) is 18.0 Å². The van der Waals surface area contributed by atoms with Crippen molar-refractivity contribution in [2.24, 2.45) is 16.6 Å². The molecule has 0 aromatic heterocycles. The minimum Gasteiger partial charge on any atom is -0.449 e. The molecule has 2 aliphatic rings. The lowest BCUT2D eigenvalue weighted by molar-refractivity contribution is -0.125. The maximum absolute atomic E-state index is 13.3. The van der Waals surface area contributed by atoms with E-state index >= 15 is 0 Å². The van der Waals surface area contributed by atoms with Gasteiger partial charge in [0.25, 0.3) is 5.91 Å². The number of nitrogens with two attached hydrogens (primary N) is 1. The first-order valence-corrected chi connectivity index (χ1v) is 10.9. The van der Waals surface area contributed by atoms with Crippen molar-refractivity contribution in [1.82, 2.24) is 4.31 Å². The van der Waals surface area contributed by atoms with Crippen molar-refractivity contribution in [3.8, 4) is 0 Å². The third-order valence-electron chi connectivity index (χ3n) is 5.73. The zero-order valence-electron chi connectivity index (χ0n) is 16.8. The van der Waals surface area contributed by atoms with Crippen LogP contribution in [0.2, 0.25) is 0 Å². The van der Waals surface area contributed by atoms with Crippen LogP contribution in [0.4, 0.5) is 0 Å². The number of primary amides is 1. The number of esters is 1. The number of carbonyl (C=O) groups excluding carboxylic acids is 2. The smallest absolute Gasteiger partial charge is 0.338 e. The average molecular weight is 409 g/mol. The quantitative estimate of drug-likeness (QED) is 0.753. The number of benzene rings is 1. The summed E-state index contributed by atoms with van der Waals surface area (Å²) in [5.41, 5.74) is 5.24. The Morgan fingerprint density at radius 3 is 2.57 bits per heavy atom. The second kappa shape index (κ2) is 6.84. The van der Waals surface area contributed by atoms with Crippen LogP contribution in [0.5, 0.6) is 0 Å². The molecule has 0 radical (unpaired) electrons. The SMILES string of the molecule is C[C@@H](OC(=O)c1cccc(S(=O)(=O)N2C[C@@]3(C)C[C@@H]2CC(C)(C)C3)c1)C(N)=O. The third kappa shape index (κ3) is 3.93. The topological polar surface area (TPSA) is 107 Å². The van der Waals surface area contributed by atoms with Gasteiger partial charge in [-0.2, -0.15) is 4.31 Å². The van der Waals surface area contributed by atoms with Crippen molar-refractivity contribution in [1.29, 1.82) is 0 Å². The molecule has 1 amide bonds. The number of amides is 1. The molecule has 0 unspecified atom stereocenters. The van der Waals surface area contributed by atoms with E-state index in [4.69, 9.17) is 10.5 Å². The third-order valence-corrected chi connectivity index (χ3v) is 7.62. The van der Waals surface area contributed by atoms with Gasteiger partial charge in [-0.3, -0.25) is 4.79 Å². The molecule has 1 aromatic carbocycles. The van der Waals surface area contributed by atoms with E-state index in [1.54, 1.807) is 4.31 Å². The van der Waals surface area contributed by atoms with Crippen molar-refractivity contribution in [3.63, 3.8) is 0 Å². The van der Waals surface area contributed by atoms with Gasteiger partial charge < -0.3 is 10.5 Å². The molecule has 0 spiro atoms. The molecule has 7 nitrogen and oxygen atoms in total. The number of rotatable bonds is 5. The number of sulfonamides is 1. The maximum atomic E-state index is 13.3. The summed E-state index contributed by atoms with van der Waals surface area (Å²) < 4.78 is 33.2. The monoisotopic (exact) mass is 408 g/mol. The molecule has 8 heteroatoms. The van der Waals surface area contributed by atoms with Crippen LogP contribution in [0.1, 0.15) is 57.3 Å². The Balaban J connectivity index is 1.87. The van der Waals surface area contributed by atoms with Crippen LogP contribution < -0.4 is 5.73 Å². The van der Waals surface area contributed by atoms with E-state index in [-0.39, 0.29) is 27.3 Å². The van der Waals surface area contributed by atoms with Gasteiger partial charge in [0.2, 0.25) is 10.0 Å². The van der Waals surface area contributed by atoms with Crippen LogP contribution >= 0.6 is 0 Å². The highest BCUT2D eigenvalue weighted by Crippen LogP contribution is 2.53. The van der Waals surface area contributed by atoms with Gasteiger partial charge in [-0.1, -0.05) is 26.8 Å². The Kier molecular flexibility index (Phi) is 5.08. The van der Waals surface area contributed by atoms with Crippen molar-refractivity contribution < 1.29 is 22.7 Å². The predicted octanol–water partition coefficient (Wildman–Crippen LogP) is 2.31. The fraction of sp³-hybridized carbons (Fsp3) is 0.600. The normalized spacial score (nSPS) is 27.9. The molecule has 28 heavy (non-hydrogen) atoms. The molecule has 2 bridgehead atoms. The fourth-order valence-corrected chi connectivity index (χ4v) is 6.72. The standard InChI is InChI=1S/C20H28N2O5S/c1-13(17(21)23)27-18(24)14-6-5-7-16(8-14)28(25,26)22-12-20(4)10-15(22)9-19(2,3)11-20/h5-8,13,15H,9-12H2,1-4H3,(H2,21,23)/t13-,15+,20+/m1/s1. The largest absolute Gasteiger partial charge is 0.449 e. The summed E-state index contributed by atoms with van der Waals surface area (Å²) in [5, 5.41) is 0. The van der Waals surface area contributed by atoms with E-state index in [0.717, 1.165) is 19.3 Å². The minimum absolute atomic E-state index is 0.0348. The van der Waals surface area contributed by atoms with Gasteiger partial charge in [-0.05, 0) is 55.2 Å². The van der Waals surface area contributed by atoms with Crippen LogP contribution in [0, 0.1) is 10.8 Å². The van der Waals surface area contributed by atoms with Gasteiger partial charge >= 0.3 is 5.97 Å². The average Bonchev–Trinajstić information content (AvgIpc) is 2.84. The second-order valence-electron chi connectivity index (χ2n) is 9.24. The molecule has 3 rings (SSSR count). The number of carbonyl (C=O) groups is 2. The van der Waals surface area contributed by atoms with Crippen molar-refractivity contribution in [3.05, 3.63) is 29.8 Å². The highest BCUT2D eigenvalue weighted by molar-refractivity contribution is 7.89. The number of hydrogen-bond donors (Lipinski definition) is 1. The van der Waals surface area contributed by atoms with E-state index < -0.39 is 28.0 Å². The molecule has 2 N–H and O–H groups in total. The first-order valence-electron chi connectivity index (χ1n) is 9.45. The van der Waals surface area contributed by atoms with Crippen molar-refractivity contribution >= 4 is 21.9 Å². The van der Waals surface area contributed by atoms with Crippen LogP contribution in [-0.4, -0.2) is 43.3 Å². The highest BCUT2D eigenvalue weighted by atomic mass is 32.2. The zero-order valence-corrected chi connectivity index (χ0v) is 17.6. The van der Waals surface area contributed by atoms with Crippen LogP contribution in [0.25, 0.3) is 0 Å². The Bertz CT molecular complexity index is 911. The maximum Gasteiger partial charge on any atom is 0.338 e. The molecule has 1 aliphatic heterocycles. The Hall–Kier alpha value is -1.93. The summed E-state index contributed by atoms with van der Waals surface area (Å²) in [5.74, 6) is -1.55. The summed E-state index contributed by atoms with van der Waals surface area (Å²) >= 11 is 0. The lowest BCUT2D eigenvalue weighted by Crippen LogP contribution is -2.37. The minimum atomic E-state index is -3.75. The summed E-state index contributed by atoms with van der Waals surface area (Å²) in [6.45, 7) is 8.37. The lowest BCUT2D eigenvalue weighted by atomic mass is 9.65. The Morgan fingerprint density at radius 2 is 1.93 bits per heavy atom. The zero-order chi connectivity index (χ0) is 20.9. The van der Waals surface area contributed by atoms with Gasteiger partial charge in [0.1, 0.15) is 0 Å². The highest BCUT2D eigenvalue weighted by Gasteiger charge is 2.53. The molecule has 2 fully saturated rings. The molecule has 154 valence electrons. The summed E-state index contributed by atoms with van der Waals surface area (Å²) in [6, 6.07) is 5.72. The first kappa shape index (κ1) is 20.8. The van der Waals surface area contributed by atoms with Gasteiger partial charge in [-0.25, -0.2) is 13.2 Å². The molecule has 1 saturated heterocycles. The second-order valence-corrected chi connectivity index (χ2v) is 11.1. The van der Waals surface area contributed by atoms with Crippen molar-refractivity contribution in [2.45, 2.75) is 64.0 Å². The van der Waals surface area contributed by atoms with Gasteiger partial charge in [0, 0.05) is 12.6 Å². The summed E-state index contributed by atoms with van der Waals surface area (Å²) in [6.07, 6.45) is 1.57. The molecular weight excluding hydrogens is 380 g/mol. The number of hydrogen-bond acceptors (Lipinski definition) is 5. The van der Waals surface area contributed by atoms with E-state index in [1.165, 1.54) is 31.2 Å². The number of fused-ring (bicyclic) bond motifs is 2. The molecule has 1 aliphatic carbocycles. The Labute approximate surface area is 166 Å². The van der Waals surface area contributed by atoms with Crippen LogP contribution in [0.15, 0.2) is 29.2 Å². The number of ether oxygens (including phenoxy) is 1. The molecule has 1 saturated carbocycles. The lowest BCUT2D eigenvalue weighted by Gasteiger charge is -2.39. The summed E-state index contributed by atoms with van der Waals surface area (Å²) in [7, 11) is -3.75.